The molecule has 0 bridgehead atoms. The van der Waals surface area contributed by atoms with Crippen LogP contribution in [0.1, 0.15) is 0 Å². The number of anilines is 4. The molecule has 2 aromatic rings. The predicted octanol–water partition coefficient (Wildman–Crippen LogP) is 1.58. The Morgan fingerprint density at radius 2 is 1.85 bits per heavy atom. The van der Waals surface area contributed by atoms with Gasteiger partial charge in [0.2, 0.25) is 5.75 Å². The molecule has 0 fully saturated rings. The van der Waals surface area contributed by atoms with E-state index >= 15 is 0 Å². The molecule has 106 valence electrons. The topological polar surface area (TPSA) is 88.3 Å². The molecule has 0 unspecified atom stereocenters. The first-order valence-corrected chi connectivity index (χ1v) is 6.06. The molecule has 7 heteroatoms. The van der Waals surface area contributed by atoms with Crippen LogP contribution >= 0.6 is 0 Å². The number of aromatic nitrogens is 2. The summed E-state index contributed by atoms with van der Waals surface area (Å²) in [5.74, 6) is 6.84. The Labute approximate surface area is 117 Å². The summed E-state index contributed by atoms with van der Waals surface area (Å²) >= 11 is 0. The highest BCUT2D eigenvalue weighted by atomic mass is 16.5. The minimum Gasteiger partial charge on any atom is -0.490 e. The Hall–Kier alpha value is -2.54. The van der Waals surface area contributed by atoms with Crippen molar-refractivity contribution in [3.8, 4) is 5.75 Å². The summed E-state index contributed by atoms with van der Waals surface area (Å²) in [7, 11) is 5.50. The Kier molecular flexibility index (Phi) is 4.21. The van der Waals surface area contributed by atoms with Gasteiger partial charge in [-0.15, -0.1) is 0 Å². The lowest BCUT2D eigenvalue weighted by Crippen LogP contribution is -2.13. The van der Waals surface area contributed by atoms with E-state index in [1.165, 1.54) is 6.33 Å². The van der Waals surface area contributed by atoms with Crippen molar-refractivity contribution in [3.63, 3.8) is 0 Å². The normalized spacial score (nSPS) is 10.0. The van der Waals surface area contributed by atoms with E-state index in [-0.39, 0.29) is 0 Å². The first-order valence-electron chi connectivity index (χ1n) is 6.06. The molecule has 2 rings (SSSR count). The van der Waals surface area contributed by atoms with Crippen LogP contribution in [0.25, 0.3) is 0 Å². The molecular formula is C13H18N6O. The Balaban J connectivity index is 2.40. The van der Waals surface area contributed by atoms with E-state index in [2.05, 4.69) is 20.7 Å². The number of ether oxygens (including phenoxy) is 1. The zero-order valence-corrected chi connectivity index (χ0v) is 11.7. The lowest BCUT2D eigenvalue weighted by Gasteiger charge is -2.19. The molecule has 7 nitrogen and oxygen atoms in total. The van der Waals surface area contributed by atoms with Crippen LogP contribution in [0.2, 0.25) is 0 Å². The van der Waals surface area contributed by atoms with Gasteiger partial charge in [0.25, 0.3) is 0 Å². The fourth-order valence-electron chi connectivity index (χ4n) is 1.86. The number of rotatable bonds is 5. The number of nitrogen functional groups attached to an aromatic ring is 1. The van der Waals surface area contributed by atoms with Gasteiger partial charge in [0.05, 0.1) is 18.5 Å². The van der Waals surface area contributed by atoms with Gasteiger partial charge in [-0.2, -0.15) is 0 Å². The Morgan fingerprint density at radius 1 is 1.15 bits per heavy atom. The molecule has 1 aromatic heterocycles. The van der Waals surface area contributed by atoms with Gasteiger partial charge in [0, 0.05) is 14.1 Å². The minimum absolute atomic E-state index is 0.423. The van der Waals surface area contributed by atoms with Crippen molar-refractivity contribution in [2.75, 3.05) is 36.8 Å². The lowest BCUT2D eigenvalue weighted by atomic mass is 10.2. The number of hydrogen-bond acceptors (Lipinski definition) is 7. The third-order valence-corrected chi connectivity index (χ3v) is 2.78. The van der Waals surface area contributed by atoms with Crippen LogP contribution in [-0.2, 0) is 0 Å². The monoisotopic (exact) mass is 274 g/mol. The molecule has 0 aliphatic heterocycles. The largest absolute Gasteiger partial charge is 0.490 e. The van der Waals surface area contributed by atoms with Crippen LogP contribution in [0.5, 0.6) is 5.75 Å². The van der Waals surface area contributed by atoms with E-state index < -0.39 is 0 Å². The van der Waals surface area contributed by atoms with Crippen LogP contribution in [0.15, 0.2) is 30.6 Å². The number of hydrazine groups is 1. The number of hydrogen-bond donors (Lipinski definition) is 3. The molecule has 0 saturated carbocycles. The van der Waals surface area contributed by atoms with Crippen molar-refractivity contribution < 1.29 is 4.74 Å². The van der Waals surface area contributed by atoms with Gasteiger partial charge >= 0.3 is 0 Å². The Bertz CT molecular complexity index is 587. The lowest BCUT2D eigenvalue weighted by molar-refractivity contribution is 0.415. The molecular weight excluding hydrogens is 256 g/mol. The first-order chi connectivity index (χ1) is 9.67. The Morgan fingerprint density at radius 3 is 2.50 bits per heavy atom. The average molecular weight is 274 g/mol. The average Bonchev–Trinajstić information content (AvgIpc) is 2.47. The molecule has 0 aliphatic carbocycles. The van der Waals surface area contributed by atoms with Crippen LogP contribution in [-0.4, -0.2) is 31.2 Å². The highest BCUT2D eigenvalue weighted by molar-refractivity contribution is 5.77. The maximum atomic E-state index is 5.41. The van der Waals surface area contributed by atoms with Crippen LogP contribution in [0, 0.1) is 0 Å². The first kappa shape index (κ1) is 13.9. The number of para-hydroxylation sites is 2. The van der Waals surface area contributed by atoms with Gasteiger partial charge in [-0.25, -0.2) is 15.8 Å². The highest BCUT2D eigenvalue weighted by Crippen LogP contribution is 2.33. The standard InChI is InChI=1S/C13H18N6O/c1-19(2)10-7-5-4-6-9(10)17-12-11(20-3)13(18-14)16-8-15-12/h4-8H,14H2,1-3H3,(H2,15,16,17,18). The van der Waals surface area contributed by atoms with E-state index in [0.29, 0.717) is 17.4 Å². The van der Waals surface area contributed by atoms with Crippen molar-refractivity contribution >= 4 is 23.0 Å². The van der Waals surface area contributed by atoms with Crippen LogP contribution in [0.4, 0.5) is 23.0 Å². The molecule has 1 heterocycles. The minimum atomic E-state index is 0.423. The molecule has 0 spiro atoms. The van der Waals surface area contributed by atoms with E-state index in [4.69, 9.17) is 10.6 Å². The maximum absolute atomic E-state index is 5.41. The van der Waals surface area contributed by atoms with E-state index in [0.717, 1.165) is 11.4 Å². The number of benzene rings is 1. The zero-order valence-electron chi connectivity index (χ0n) is 11.7. The molecule has 0 atom stereocenters. The second-order valence-electron chi connectivity index (χ2n) is 4.29. The van der Waals surface area contributed by atoms with Gasteiger partial charge in [-0.1, -0.05) is 12.1 Å². The summed E-state index contributed by atoms with van der Waals surface area (Å²) in [6.45, 7) is 0. The fraction of sp³-hybridized carbons (Fsp3) is 0.231. The summed E-state index contributed by atoms with van der Waals surface area (Å²) in [6.07, 6.45) is 1.42. The third-order valence-electron chi connectivity index (χ3n) is 2.78. The number of nitrogens with one attached hydrogen (secondary N) is 2. The van der Waals surface area contributed by atoms with E-state index in [1.807, 2.05) is 43.3 Å². The zero-order chi connectivity index (χ0) is 14.5. The van der Waals surface area contributed by atoms with Gasteiger partial charge in [-0.05, 0) is 12.1 Å². The van der Waals surface area contributed by atoms with Gasteiger partial charge < -0.3 is 20.4 Å². The third kappa shape index (κ3) is 2.72. The molecule has 20 heavy (non-hydrogen) atoms. The summed E-state index contributed by atoms with van der Waals surface area (Å²) in [4.78, 5) is 10.2. The molecule has 4 N–H and O–H groups in total. The summed E-state index contributed by atoms with van der Waals surface area (Å²) < 4.78 is 5.30. The maximum Gasteiger partial charge on any atom is 0.205 e. The second-order valence-corrected chi connectivity index (χ2v) is 4.29. The fourth-order valence-corrected chi connectivity index (χ4v) is 1.86. The summed E-state index contributed by atoms with van der Waals surface area (Å²) in [5.41, 5.74) is 4.44. The van der Waals surface area contributed by atoms with E-state index in [1.54, 1.807) is 7.11 Å². The second kappa shape index (κ2) is 6.07. The molecule has 0 radical (unpaired) electrons. The molecule has 0 saturated heterocycles. The molecule has 0 amide bonds. The summed E-state index contributed by atoms with van der Waals surface area (Å²) in [5, 5.41) is 3.23. The SMILES string of the molecule is COc1c(NN)ncnc1Nc1ccccc1N(C)C. The molecule has 1 aromatic carbocycles. The van der Waals surface area contributed by atoms with Crippen LogP contribution in [0.3, 0.4) is 0 Å². The van der Waals surface area contributed by atoms with Crippen molar-refractivity contribution in [2.24, 2.45) is 5.84 Å². The van der Waals surface area contributed by atoms with Crippen molar-refractivity contribution in [1.82, 2.24) is 9.97 Å². The van der Waals surface area contributed by atoms with Crippen molar-refractivity contribution in [1.29, 1.82) is 0 Å². The predicted molar refractivity (Wildman–Crippen MR) is 80.4 cm³/mol. The number of methoxy groups -OCH3 is 1. The van der Waals surface area contributed by atoms with Crippen LogP contribution < -0.4 is 26.2 Å². The number of nitrogens with two attached hydrogens (primary N) is 1. The highest BCUT2D eigenvalue weighted by Gasteiger charge is 2.13. The van der Waals surface area contributed by atoms with E-state index in [9.17, 15) is 0 Å². The van der Waals surface area contributed by atoms with Gasteiger partial charge in [0.1, 0.15) is 6.33 Å². The number of nitrogens with zero attached hydrogens (tertiary/aromatic N) is 3. The van der Waals surface area contributed by atoms with Crippen molar-refractivity contribution in [2.45, 2.75) is 0 Å². The summed E-state index contributed by atoms with van der Waals surface area (Å²) in [6, 6.07) is 7.90. The molecule has 0 aliphatic rings. The smallest absolute Gasteiger partial charge is 0.205 e. The van der Waals surface area contributed by atoms with Crippen molar-refractivity contribution in [3.05, 3.63) is 30.6 Å². The van der Waals surface area contributed by atoms with Gasteiger partial charge in [-0.3, -0.25) is 0 Å². The van der Waals surface area contributed by atoms with Gasteiger partial charge in [0.15, 0.2) is 11.6 Å². The quantitative estimate of drug-likeness (QED) is 0.563.